The Morgan fingerprint density at radius 2 is 2.10 bits per heavy atom. The maximum absolute atomic E-state index is 13.3. The fourth-order valence-electron chi connectivity index (χ4n) is 2.45. The average Bonchev–Trinajstić information content (AvgIpc) is 2.37. The Morgan fingerprint density at radius 1 is 1.43 bits per heavy atom. The van der Waals surface area contributed by atoms with Crippen molar-refractivity contribution in [1.82, 2.24) is 4.31 Å². The number of rotatable bonds is 3. The molecule has 1 aliphatic rings. The summed E-state index contributed by atoms with van der Waals surface area (Å²) in [6.45, 7) is 2.67. The predicted molar refractivity (Wildman–Crippen MR) is 83.8 cm³/mol. The average molecular weight is 357 g/mol. The monoisotopic (exact) mass is 356 g/mol. The third-order valence-electron chi connectivity index (χ3n) is 3.64. The molecule has 1 aliphatic heterocycles. The first kappa shape index (κ1) is 18.6. The largest absolute Gasteiger partial charge is 0.328 e. The Bertz CT molecular complexity index is 576. The zero-order valence-electron chi connectivity index (χ0n) is 11.6. The highest BCUT2D eigenvalue weighted by molar-refractivity contribution is 7.89. The van der Waals surface area contributed by atoms with Crippen LogP contribution in [0.4, 0.5) is 4.39 Å². The van der Waals surface area contributed by atoms with Crippen molar-refractivity contribution in [2.75, 3.05) is 13.1 Å². The second-order valence-corrected chi connectivity index (χ2v) is 7.60. The van der Waals surface area contributed by atoms with Crippen LogP contribution in [0.25, 0.3) is 0 Å². The first-order valence-corrected chi connectivity index (χ1v) is 8.34. The van der Waals surface area contributed by atoms with Crippen molar-refractivity contribution in [1.29, 1.82) is 0 Å². The molecule has 0 amide bonds. The number of hydrogen-bond acceptors (Lipinski definition) is 3. The van der Waals surface area contributed by atoms with Gasteiger partial charge in [0.15, 0.2) is 0 Å². The number of sulfonamides is 1. The normalized spacial score (nSPS) is 21.6. The van der Waals surface area contributed by atoms with Crippen LogP contribution < -0.4 is 5.73 Å². The molecular weight excluding hydrogens is 338 g/mol. The minimum atomic E-state index is -3.72. The van der Waals surface area contributed by atoms with Crippen LogP contribution in [-0.4, -0.2) is 31.9 Å². The van der Waals surface area contributed by atoms with E-state index in [-0.39, 0.29) is 34.3 Å². The molecule has 8 heteroatoms. The topological polar surface area (TPSA) is 63.4 Å². The first-order chi connectivity index (χ1) is 9.30. The molecule has 2 rings (SSSR count). The van der Waals surface area contributed by atoms with Gasteiger partial charge in [0.1, 0.15) is 5.82 Å². The van der Waals surface area contributed by atoms with Gasteiger partial charge in [-0.1, -0.05) is 11.6 Å². The summed E-state index contributed by atoms with van der Waals surface area (Å²) in [5, 5.41) is 0.0735. The van der Waals surface area contributed by atoms with Gasteiger partial charge in [-0.3, -0.25) is 0 Å². The summed E-state index contributed by atoms with van der Waals surface area (Å²) in [5.41, 5.74) is 5.86. The maximum Gasteiger partial charge on any atom is 0.243 e. The van der Waals surface area contributed by atoms with E-state index in [0.29, 0.717) is 13.1 Å². The zero-order valence-corrected chi connectivity index (χ0v) is 14.0. The Kier molecular flexibility index (Phi) is 6.43. The van der Waals surface area contributed by atoms with Crippen molar-refractivity contribution in [2.24, 2.45) is 11.7 Å². The molecule has 2 unspecified atom stereocenters. The number of piperidine rings is 1. The SMILES string of the molecule is CC(N)C1CCCN(S(=O)(=O)c2cc(F)cc(Cl)c2)C1.Cl. The van der Waals surface area contributed by atoms with Crippen molar-refractivity contribution < 1.29 is 12.8 Å². The third kappa shape index (κ3) is 4.29. The summed E-state index contributed by atoms with van der Waals surface area (Å²) in [6.07, 6.45) is 1.67. The highest BCUT2D eigenvalue weighted by Crippen LogP contribution is 2.27. The third-order valence-corrected chi connectivity index (χ3v) is 5.70. The van der Waals surface area contributed by atoms with E-state index in [4.69, 9.17) is 17.3 Å². The van der Waals surface area contributed by atoms with E-state index < -0.39 is 15.8 Å². The molecule has 0 aromatic heterocycles. The van der Waals surface area contributed by atoms with E-state index in [1.165, 1.54) is 10.4 Å². The standard InChI is InChI=1S/C13H18ClFN2O2S.ClH/c1-9(16)10-3-2-4-17(8-10)20(18,19)13-6-11(14)5-12(15)7-13;/h5-7,9-10H,2-4,8,16H2,1H3;1H. The van der Waals surface area contributed by atoms with Crippen LogP contribution in [0.15, 0.2) is 23.1 Å². The molecule has 0 radical (unpaired) electrons. The van der Waals surface area contributed by atoms with Crippen LogP contribution in [-0.2, 0) is 10.0 Å². The summed E-state index contributed by atoms with van der Waals surface area (Å²) in [5.74, 6) is -0.528. The summed E-state index contributed by atoms with van der Waals surface area (Å²) >= 11 is 5.73. The summed E-state index contributed by atoms with van der Waals surface area (Å²) in [7, 11) is -3.72. The Labute approximate surface area is 135 Å². The Balaban J connectivity index is 0.00000220. The fourth-order valence-corrected chi connectivity index (χ4v) is 4.33. The quantitative estimate of drug-likeness (QED) is 0.905. The molecule has 120 valence electrons. The van der Waals surface area contributed by atoms with Gasteiger partial charge in [0.25, 0.3) is 0 Å². The first-order valence-electron chi connectivity index (χ1n) is 6.52. The van der Waals surface area contributed by atoms with Crippen molar-refractivity contribution in [3.8, 4) is 0 Å². The van der Waals surface area contributed by atoms with Crippen molar-refractivity contribution in [3.05, 3.63) is 29.0 Å². The zero-order chi connectivity index (χ0) is 14.9. The molecule has 1 heterocycles. The number of halogens is 3. The lowest BCUT2D eigenvalue weighted by molar-refractivity contribution is 0.243. The molecule has 1 aromatic carbocycles. The van der Waals surface area contributed by atoms with E-state index in [0.717, 1.165) is 25.0 Å². The van der Waals surface area contributed by atoms with Crippen molar-refractivity contribution >= 4 is 34.0 Å². The van der Waals surface area contributed by atoms with Crippen LogP contribution in [0.5, 0.6) is 0 Å². The van der Waals surface area contributed by atoms with Gasteiger partial charge in [0, 0.05) is 24.2 Å². The van der Waals surface area contributed by atoms with Crippen LogP contribution in [0.2, 0.25) is 5.02 Å². The second kappa shape index (κ2) is 7.24. The molecule has 4 nitrogen and oxygen atoms in total. The molecule has 21 heavy (non-hydrogen) atoms. The van der Waals surface area contributed by atoms with Gasteiger partial charge in [-0.05, 0) is 43.9 Å². The van der Waals surface area contributed by atoms with Gasteiger partial charge in [-0.25, -0.2) is 12.8 Å². The van der Waals surface area contributed by atoms with Gasteiger partial charge in [-0.15, -0.1) is 12.4 Å². The van der Waals surface area contributed by atoms with E-state index >= 15 is 0 Å². The molecular formula is C13H19Cl2FN2O2S. The lowest BCUT2D eigenvalue weighted by Gasteiger charge is -2.33. The summed E-state index contributed by atoms with van der Waals surface area (Å²) < 4.78 is 39.8. The van der Waals surface area contributed by atoms with Gasteiger partial charge < -0.3 is 5.73 Å². The summed E-state index contributed by atoms with van der Waals surface area (Å²) in [6, 6.07) is 3.29. The number of nitrogens with zero attached hydrogens (tertiary/aromatic N) is 1. The van der Waals surface area contributed by atoms with E-state index in [9.17, 15) is 12.8 Å². The minimum Gasteiger partial charge on any atom is -0.328 e. The summed E-state index contributed by atoms with van der Waals surface area (Å²) in [4.78, 5) is -0.104. The van der Waals surface area contributed by atoms with Gasteiger partial charge >= 0.3 is 0 Å². The maximum atomic E-state index is 13.3. The molecule has 2 atom stereocenters. The molecule has 0 saturated carbocycles. The molecule has 1 aromatic rings. The molecule has 1 fully saturated rings. The van der Waals surface area contributed by atoms with E-state index in [1.807, 2.05) is 6.92 Å². The van der Waals surface area contributed by atoms with Crippen molar-refractivity contribution in [3.63, 3.8) is 0 Å². The lowest BCUT2D eigenvalue weighted by Crippen LogP contribution is -2.44. The smallest absolute Gasteiger partial charge is 0.243 e. The van der Waals surface area contributed by atoms with Gasteiger partial charge in [0.2, 0.25) is 10.0 Å². The molecule has 1 saturated heterocycles. The highest BCUT2D eigenvalue weighted by atomic mass is 35.5. The fraction of sp³-hybridized carbons (Fsp3) is 0.538. The number of nitrogens with two attached hydrogens (primary N) is 1. The number of benzene rings is 1. The molecule has 0 bridgehead atoms. The van der Waals surface area contributed by atoms with Crippen LogP contribution in [0.3, 0.4) is 0 Å². The molecule has 0 aliphatic carbocycles. The predicted octanol–water partition coefficient (Wildman–Crippen LogP) is 2.65. The van der Waals surface area contributed by atoms with Crippen molar-refractivity contribution in [2.45, 2.75) is 30.7 Å². The molecule has 0 spiro atoms. The number of hydrogen-bond donors (Lipinski definition) is 1. The lowest BCUT2D eigenvalue weighted by atomic mass is 9.93. The Morgan fingerprint density at radius 3 is 2.67 bits per heavy atom. The van der Waals surface area contributed by atoms with E-state index in [1.54, 1.807) is 0 Å². The molecule has 2 N–H and O–H groups in total. The Hall–Kier alpha value is -0.400. The van der Waals surface area contributed by atoms with Crippen LogP contribution in [0, 0.1) is 11.7 Å². The van der Waals surface area contributed by atoms with Crippen LogP contribution in [0.1, 0.15) is 19.8 Å². The van der Waals surface area contributed by atoms with Gasteiger partial charge in [-0.2, -0.15) is 4.31 Å². The second-order valence-electron chi connectivity index (χ2n) is 5.23. The van der Waals surface area contributed by atoms with Gasteiger partial charge in [0.05, 0.1) is 4.90 Å². The highest BCUT2D eigenvalue weighted by Gasteiger charge is 2.31. The minimum absolute atomic E-state index is 0. The van der Waals surface area contributed by atoms with E-state index in [2.05, 4.69) is 0 Å². The van der Waals surface area contributed by atoms with Crippen LogP contribution >= 0.6 is 24.0 Å².